The van der Waals surface area contributed by atoms with E-state index < -0.39 is 17.7 Å². The van der Waals surface area contributed by atoms with Crippen LogP contribution in [0.3, 0.4) is 0 Å². The summed E-state index contributed by atoms with van der Waals surface area (Å²) < 4.78 is 42.7. The van der Waals surface area contributed by atoms with Crippen molar-refractivity contribution in [1.29, 1.82) is 0 Å². The Labute approximate surface area is 117 Å². The lowest BCUT2D eigenvalue weighted by Crippen LogP contribution is -2.07. The molecule has 0 aliphatic carbocycles. The molecule has 2 aromatic rings. The zero-order valence-electron chi connectivity index (χ0n) is 10.3. The molecule has 1 heterocycles. The number of nitrogens with zero attached hydrogens (tertiary/aromatic N) is 1. The van der Waals surface area contributed by atoms with Crippen molar-refractivity contribution in [3.05, 3.63) is 35.0 Å². The highest BCUT2D eigenvalue weighted by atomic mass is 35.5. The molecular formula is C13H9ClF3NO2. The smallest absolute Gasteiger partial charge is 0.416 e. The first kappa shape index (κ1) is 14.6. The standard InChI is InChI=1S/C13H9ClF3NO2/c1-2-11(19)20-10-6-18-9-5-7(13(15,16)17)3-4-8(9)12(10)14/h3-6H,2H2,1H3. The Morgan fingerprint density at radius 2 is 2.10 bits per heavy atom. The summed E-state index contributed by atoms with van der Waals surface area (Å²) in [6.07, 6.45) is -3.16. The number of fused-ring (bicyclic) bond motifs is 1. The predicted octanol–water partition coefficient (Wildman–Crippen LogP) is 4.22. The Bertz CT molecular complexity index is 670. The Balaban J connectivity index is 2.50. The van der Waals surface area contributed by atoms with Crippen LogP contribution in [0.1, 0.15) is 18.9 Å². The number of ether oxygens (including phenoxy) is 1. The van der Waals surface area contributed by atoms with Crippen LogP contribution in [0.4, 0.5) is 13.2 Å². The average Bonchev–Trinajstić information content (AvgIpc) is 2.40. The lowest BCUT2D eigenvalue weighted by atomic mass is 10.1. The fourth-order valence-corrected chi connectivity index (χ4v) is 1.83. The number of pyridine rings is 1. The quantitative estimate of drug-likeness (QED) is 0.780. The SMILES string of the molecule is CCC(=O)Oc1cnc2cc(C(F)(F)F)ccc2c1Cl. The molecule has 1 aromatic carbocycles. The van der Waals surface area contributed by atoms with Gasteiger partial charge in [-0.15, -0.1) is 0 Å². The molecule has 0 spiro atoms. The Morgan fingerprint density at radius 1 is 1.40 bits per heavy atom. The average molecular weight is 304 g/mol. The van der Waals surface area contributed by atoms with E-state index in [0.717, 1.165) is 18.3 Å². The van der Waals surface area contributed by atoms with Crippen LogP contribution in [-0.2, 0) is 11.0 Å². The van der Waals surface area contributed by atoms with E-state index in [1.165, 1.54) is 6.07 Å². The largest absolute Gasteiger partial charge is 0.423 e. The Hall–Kier alpha value is -1.82. The van der Waals surface area contributed by atoms with E-state index in [9.17, 15) is 18.0 Å². The number of aromatic nitrogens is 1. The summed E-state index contributed by atoms with van der Waals surface area (Å²) in [5.41, 5.74) is -0.729. The number of carbonyl (C=O) groups is 1. The minimum atomic E-state index is -4.45. The van der Waals surface area contributed by atoms with Gasteiger partial charge in [-0.3, -0.25) is 9.78 Å². The van der Waals surface area contributed by atoms with Crippen LogP contribution in [0.2, 0.25) is 5.02 Å². The highest BCUT2D eigenvalue weighted by molar-refractivity contribution is 6.36. The molecule has 106 valence electrons. The van der Waals surface area contributed by atoms with Gasteiger partial charge in [-0.2, -0.15) is 13.2 Å². The number of esters is 1. The van der Waals surface area contributed by atoms with E-state index in [2.05, 4.69) is 4.98 Å². The molecule has 20 heavy (non-hydrogen) atoms. The van der Waals surface area contributed by atoms with Crippen LogP contribution < -0.4 is 4.74 Å². The molecule has 0 saturated heterocycles. The van der Waals surface area contributed by atoms with Gasteiger partial charge in [0, 0.05) is 11.8 Å². The van der Waals surface area contributed by atoms with Crippen molar-refractivity contribution in [2.24, 2.45) is 0 Å². The predicted molar refractivity (Wildman–Crippen MR) is 67.7 cm³/mol. The third-order valence-electron chi connectivity index (χ3n) is 2.61. The molecule has 0 fully saturated rings. The molecule has 0 N–H and O–H groups in total. The van der Waals surface area contributed by atoms with Crippen molar-refractivity contribution in [3.8, 4) is 5.75 Å². The lowest BCUT2D eigenvalue weighted by Gasteiger charge is -2.10. The Kier molecular flexibility index (Phi) is 3.85. The van der Waals surface area contributed by atoms with Gasteiger partial charge in [0.05, 0.1) is 22.3 Å². The first-order chi connectivity index (χ1) is 9.32. The molecule has 0 aliphatic heterocycles. The molecule has 0 bridgehead atoms. The molecule has 0 unspecified atom stereocenters. The van der Waals surface area contributed by atoms with Crippen molar-refractivity contribution in [2.75, 3.05) is 0 Å². The number of rotatable bonds is 2. The highest BCUT2D eigenvalue weighted by Crippen LogP contribution is 2.35. The van der Waals surface area contributed by atoms with Crippen LogP contribution in [0.5, 0.6) is 5.75 Å². The minimum Gasteiger partial charge on any atom is -0.423 e. The molecular weight excluding hydrogens is 295 g/mol. The van der Waals surface area contributed by atoms with E-state index in [4.69, 9.17) is 16.3 Å². The third kappa shape index (κ3) is 2.85. The third-order valence-corrected chi connectivity index (χ3v) is 3.00. The topological polar surface area (TPSA) is 39.2 Å². The molecule has 7 heteroatoms. The van der Waals surface area contributed by atoms with Crippen LogP contribution in [-0.4, -0.2) is 11.0 Å². The normalized spacial score (nSPS) is 11.7. The van der Waals surface area contributed by atoms with Crippen molar-refractivity contribution in [1.82, 2.24) is 4.98 Å². The fraction of sp³-hybridized carbons (Fsp3) is 0.231. The van der Waals surface area contributed by atoms with Gasteiger partial charge < -0.3 is 4.74 Å². The van der Waals surface area contributed by atoms with E-state index in [0.29, 0.717) is 5.39 Å². The maximum atomic E-state index is 12.6. The maximum Gasteiger partial charge on any atom is 0.416 e. The first-order valence-electron chi connectivity index (χ1n) is 5.69. The van der Waals surface area contributed by atoms with Crippen LogP contribution in [0.25, 0.3) is 10.9 Å². The van der Waals surface area contributed by atoms with Crippen LogP contribution >= 0.6 is 11.6 Å². The zero-order chi connectivity index (χ0) is 14.9. The molecule has 0 radical (unpaired) electrons. The molecule has 0 aliphatic rings. The summed E-state index contributed by atoms with van der Waals surface area (Å²) in [5, 5.41) is 0.353. The van der Waals surface area contributed by atoms with E-state index in [1.54, 1.807) is 6.92 Å². The minimum absolute atomic E-state index is 0.0331. The highest BCUT2D eigenvalue weighted by Gasteiger charge is 2.30. The second kappa shape index (κ2) is 5.28. The van der Waals surface area contributed by atoms with Crippen molar-refractivity contribution in [2.45, 2.75) is 19.5 Å². The number of carbonyl (C=O) groups excluding carboxylic acids is 1. The lowest BCUT2D eigenvalue weighted by molar-refractivity contribution is -0.137. The number of alkyl halides is 3. The van der Waals surface area contributed by atoms with E-state index >= 15 is 0 Å². The van der Waals surface area contributed by atoms with Gasteiger partial charge >= 0.3 is 12.1 Å². The van der Waals surface area contributed by atoms with Crippen molar-refractivity contribution >= 4 is 28.5 Å². The van der Waals surface area contributed by atoms with Gasteiger partial charge in [-0.05, 0) is 12.1 Å². The molecule has 2 rings (SSSR count). The van der Waals surface area contributed by atoms with Crippen LogP contribution in [0, 0.1) is 0 Å². The number of hydrogen-bond acceptors (Lipinski definition) is 3. The zero-order valence-corrected chi connectivity index (χ0v) is 11.0. The van der Waals surface area contributed by atoms with Gasteiger partial charge in [0.15, 0.2) is 5.75 Å². The van der Waals surface area contributed by atoms with Crippen molar-refractivity contribution in [3.63, 3.8) is 0 Å². The van der Waals surface area contributed by atoms with Crippen molar-refractivity contribution < 1.29 is 22.7 Å². The first-order valence-corrected chi connectivity index (χ1v) is 6.07. The fourth-order valence-electron chi connectivity index (χ4n) is 1.58. The summed E-state index contributed by atoms with van der Waals surface area (Å²) in [4.78, 5) is 15.0. The summed E-state index contributed by atoms with van der Waals surface area (Å²) in [7, 11) is 0. The molecule has 1 aromatic heterocycles. The summed E-state index contributed by atoms with van der Waals surface area (Å²) in [6, 6.07) is 3.00. The van der Waals surface area contributed by atoms with E-state index in [-0.39, 0.29) is 22.7 Å². The summed E-state index contributed by atoms with van der Waals surface area (Å²) >= 11 is 6.01. The van der Waals surface area contributed by atoms with Crippen LogP contribution in [0.15, 0.2) is 24.4 Å². The monoisotopic (exact) mass is 303 g/mol. The van der Waals surface area contributed by atoms with Gasteiger partial charge in [0.25, 0.3) is 0 Å². The molecule has 3 nitrogen and oxygen atoms in total. The van der Waals surface area contributed by atoms with Gasteiger partial charge in [0.2, 0.25) is 0 Å². The number of benzene rings is 1. The molecule has 0 amide bonds. The Morgan fingerprint density at radius 3 is 2.70 bits per heavy atom. The second-order valence-corrected chi connectivity index (χ2v) is 4.37. The van der Waals surface area contributed by atoms with Gasteiger partial charge in [0.1, 0.15) is 0 Å². The van der Waals surface area contributed by atoms with Gasteiger partial charge in [-0.1, -0.05) is 24.6 Å². The number of hydrogen-bond donors (Lipinski definition) is 0. The number of halogens is 4. The second-order valence-electron chi connectivity index (χ2n) is 3.99. The maximum absolute atomic E-state index is 12.6. The van der Waals surface area contributed by atoms with E-state index in [1.807, 2.05) is 0 Å². The summed E-state index contributed by atoms with van der Waals surface area (Å²) in [6.45, 7) is 1.61. The summed E-state index contributed by atoms with van der Waals surface area (Å²) in [5.74, 6) is -0.467. The van der Waals surface area contributed by atoms with Gasteiger partial charge in [-0.25, -0.2) is 0 Å². The molecule has 0 atom stereocenters. The molecule has 0 saturated carbocycles.